The van der Waals surface area contributed by atoms with Gasteiger partial charge >= 0.3 is 0 Å². The molecule has 0 bridgehead atoms. The fourth-order valence-electron chi connectivity index (χ4n) is 1.83. The van der Waals surface area contributed by atoms with E-state index in [0.717, 1.165) is 28.1 Å². The molecule has 0 aliphatic carbocycles. The normalized spacial score (nSPS) is 10.5. The second-order valence-corrected chi connectivity index (χ2v) is 4.03. The van der Waals surface area contributed by atoms with Gasteiger partial charge in [0.05, 0.1) is 5.52 Å². The van der Waals surface area contributed by atoms with Crippen molar-refractivity contribution in [3.05, 3.63) is 54.5 Å². The summed E-state index contributed by atoms with van der Waals surface area (Å²) in [6.45, 7) is 2.01. The van der Waals surface area contributed by atoms with Crippen LogP contribution < -0.4 is 5.32 Å². The fourth-order valence-corrected chi connectivity index (χ4v) is 1.83. The first-order valence-corrected chi connectivity index (χ1v) is 5.73. The molecule has 0 saturated carbocycles. The molecule has 2 heterocycles. The minimum Gasteiger partial charge on any atom is -0.324 e. The number of hydrogen-bond acceptors (Lipinski definition) is 4. The molecule has 4 nitrogen and oxygen atoms in total. The Bertz CT molecular complexity index is 689. The van der Waals surface area contributed by atoms with Gasteiger partial charge < -0.3 is 5.32 Å². The zero-order valence-electron chi connectivity index (χ0n) is 9.96. The van der Waals surface area contributed by atoms with Crippen molar-refractivity contribution >= 4 is 22.5 Å². The lowest BCUT2D eigenvalue weighted by molar-refractivity contribution is 1.19. The standard InChI is InChI=1S/C14H12N4/c1-10-5-4-8-15-13(10)18-14-11-6-2-3-7-12(11)16-9-17-14/h2-9H,1H3,(H,15,16,17,18). The molecule has 88 valence electrons. The van der Waals surface area contributed by atoms with Crippen LogP contribution in [0, 0.1) is 6.92 Å². The van der Waals surface area contributed by atoms with Crippen LogP contribution in [0.3, 0.4) is 0 Å². The molecule has 3 aromatic rings. The van der Waals surface area contributed by atoms with Gasteiger partial charge in [0.25, 0.3) is 0 Å². The predicted molar refractivity (Wildman–Crippen MR) is 71.8 cm³/mol. The summed E-state index contributed by atoms with van der Waals surface area (Å²) in [4.78, 5) is 12.8. The highest BCUT2D eigenvalue weighted by atomic mass is 15.1. The van der Waals surface area contributed by atoms with E-state index in [4.69, 9.17) is 0 Å². The highest BCUT2D eigenvalue weighted by molar-refractivity contribution is 5.90. The van der Waals surface area contributed by atoms with E-state index in [0.29, 0.717) is 0 Å². The Morgan fingerprint density at radius 2 is 1.78 bits per heavy atom. The van der Waals surface area contributed by atoms with Crippen molar-refractivity contribution in [2.75, 3.05) is 5.32 Å². The van der Waals surface area contributed by atoms with Crippen molar-refractivity contribution in [1.29, 1.82) is 0 Å². The van der Waals surface area contributed by atoms with E-state index in [-0.39, 0.29) is 0 Å². The lowest BCUT2D eigenvalue weighted by Gasteiger charge is -2.09. The Hall–Kier alpha value is -2.49. The van der Waals surface area contributed by atoms with Crippen LogP contribution in [0.15, 0.2) is 48.9 Å². The van der Waals surface area contributed by atoms with Gasteiger partial charge in [-0.3, -0.25) is 0 Å². The van der Waals surface area contributed by atoms with Gasteiger partial charge in [-0.05, 0) is 30.7 Å². The van der Waals surface area contributed by atoms with Crippen molar-refractivity contribution in [2.45, 2.75) is 6.92 Å². The monoisotopic (exact) mass is 236 g/mol. The van der Waals surface area contributed by atoms with Gasteiger partial charge in [0.15, 0.2) is 0 Å². The van der Waals surface area contributed by atoms with Crippen molar-refractivity contribution in [1.82, 2.24) is 15.0 Å². The quantitative estimate of drug-likeness (QED) is 0.742. The zero-order valence-corrected chi connectivity index (χ0v) is 9.96. The lowest BCUT2D eigenvalue weighted by Crippen LogP contribution is -1.99. The van der Waals surface area contributed by atoms with E-state index in [9.17, 15) is 0 Å². The van der Waals surface area contributed by atoms with Crippen molar-refractivity contribution < 1.29 is 0 Å². The second-order valence-electron chi connectivity index (χ2n) is 4.03. The Morgan fingerprint density at radius 3 is 2.67 bits per heavy atom. The number of anilines is 2. The average Bonchev–Trinajstić information content (AvgIpc) is 2.42. The molecule has 1 N–H and O–H groups in total. The molecule has 0 aliphatic heterocycles. The van der Waals surface area contributed by atoms with E-state index in [2.05, 4.69) is 20.3 Å². The maximum Gasteiger partial charge on any atom is 0.142 e. The van der Waals surface area contributed by atoms with Crippen LogP contribution in [0.4, 0.5) is 11.6 Å². The van der Waals surface area contributed by atoms with Gasteiger partial charge in [0.2, 0.25) is 0 Å². The summed E-state index contributed by atoms with van der Waals surface area (Å²) >= 11 is 0. The van der Waals surface area contributed by atoms with Crippen LogP contribution >= 0.6 is 0 Å². The van der Waals surface area contributed by atoms with E-state index < -0.39 is 0 Å². The summed E-state index contributed by atoms with van der Waals surface area (Å²) in [6.07, 6.45) is 3.32. The van der Waals surface area contributed by atoms with Crippen LogP contribution in [-0.4, -0.2) is 15.0 Å². The van der Waals surface area contributed by atoms with Crippen LogP contribution in [0.2, 0.25) is 0 Å². The van der Waals surface area contributed by atoms with Crippen LogP contribution in [0.1, 0.15) is 5.56 Å². The largest absolute Gasteiger partial charge is 0.324 e. The maximum atomic E-state index is 4.31. The first-order valence-electron chi connectivity index (χ1n) is 5.73. The SMILES string of the molecule is Cc1cccnc1Nc1ncnc2ccccc12. The molecular weight excluding hydrogens is 224 g/mol. The summed E-state index contributed by atoms with van der Waals surface area (Å²) in [7, 11) is 0. The summed E-state index contributed by atoms with van der Waals surface area (Å²) in [5.41, 5.74) is 2.00. The molecule has 0 spiro atoms. The second kappa shape index (κ2) is 4.41. The van der Waals surface area contributed by atoms with Gasteiger partial charge in [-0.1, -0.05) is 18.2 Å². The topological polar surface area (TPSA) is 50.7 Å². The number of nitrogens with one attached hydrogen (secondary N) is 1. The summed E-state index contributed by atoms with van der Waals surface area (Å²) < 4.78 is 0. The number of aryl methyl sites for hydroxylation is 1. The van der Waals surface area contributed by atoms with Gasteiger partial charge in [0.1, 0.15) is 18.0 Å². The molecule has 1 aromatic carbocycles. The van der Waals surface area contributed by atoms with Gasteiger partial charge in [-0.2, -0.15) is 0 Å². The molecule has 2 aromatic heterocycles. The smallest absolute Gasteiger partial charge is 0.142 e. The van der Waals surface area contributed by atoms with Gasteiger partial charge in [0, 0.05) is 11.6 Å². The van der Waals surface area contributed by atoms with Gasteiger partial charge in [-0.25, -0.2) is 15.0 Å². The Kier molecular flexibility index (Phi) is 2.61. The Balaban J connectivity index is 2.08. The van der Waals surface area contributed by atoms with Crippen LogP contribution in [-0.2, 0) is 0 Å². The zero-order chi connectivity index (χ0) is 12.4. The molecule has 18 heavy (non-hydrogen) atoms. The summed E-state index contributed by atoms with van der Waals surface area (Å²) in [5, 5.41) is 4.24. The molecule has 4 heteroatoms. The Labute approximate surface area is 105 Å². The molecule has 0 amide bonds. The number of hydrogen-bond donors (Lipinski definition) is 1. The van der Waals surface area contributed by atoms with Crippen molar-refractivity contribution in [3.63, 3.8) is 0 Å². The molecule has 0 fully saturated rings. The van der Waals surface area contributed by atoms with E-state index in [1.165, 1.54) is 0 Å². The lowest BCUT2D eigenvalue weighted by atomic mass is 10.2. The molecule has 0 atom stereocenters. The Morgan fingerprint density at radius 1 is 0.889 bits per heavy atom. The molecule has 0 radical (unpaired) electrons. The number of nitrogens with zero attached hydrogens (tertiary/aromatic N) is 3. The third kappa shape index (κ3) is 1.88. The van der Waals surface area contributed by atoms with E-state index >= 15 is 0 Å². The highest BCUT2D eigenvalue weighted by Gasteiger charge is 2.05. The van der Waals surface area contributed by atoms with E-state index in [1.807, 2.05) is 43.3 Å². The first kappa shape index (κ1) is 10.7. The first-order chi connectivity index (χ1) is 8.84. The minimum atomic E-state index is 0.780. The summed E-state index contributed by atoms with van der Waals surface area (Å²) in [6, 6.07) is 11.8. The number of fused-ring (bicyclic) bond motifs is 1. The molecular formula is C14H12N4. The average molecular weight is 236 g/mol. The molecule has 0 aliphatic rings. The number of pyridine rings is 1. The summed E-state index contributed by atoms with van der Waals surface area (Å²) in [5.74, 6) is 1.60. The number of para-hydroxylation sites is 1. The third-order valence-corrected chi connectivity index (χ3v) is 2.79. The van der Waals surface area contributed by atoms with Crippen molar-refractivity contribution in [3.8, 4) is 0 Å². The van der Waals surface area contributed by atoms with Gasteiger partial charge in [-0.15, -0.1) is 0 Å². The maximum absolute atomic E-state index is 4.31. The van der Waals surface area contributed by atoms with Crippen LogP contribution in [0.25, 0.3) is 10.9 Å². The van der Waals surface area contributed by atoms with E-state index in [1.54, 1.807) is 12.5 Å². The predicted octanol–water partition coefficient (Wildman–Crippen LogP) is 3.08. The fraction of sp³-hybridized carbons (Fsp3) is 0.0714. The number of aromatic nitrogens is 3. The number of rotatable bonds is 2. The molecule has 0 saturated heterocycles. The highest BCUT2D eigenvalue weighted by Crippen LogP contribution is 2.22. The van der Waals surface area contributed by atoms with Crippen molar-refractivity contribution in [2.24, 2.45) is 0 Å². The van der Waals surface area contributed by atoms with Crippen LogP contribution in [0.5, 0.6) is 0 Å². The minimum absolute atomic E-state index is 0.780. The molecule has 3 rings (SSSR count). The third-order valence-electron chi connectivity index (χ3n) is 2.79. The molecule has 0 unspecified atom stereocenters. The number of benzene rings is 1.